The van der Waals surface area contributed by atoms with Crippen LogP contribution in [0.25, 0.3) is 0 Å². The van der Waals surface area contributed by atoms with Gasteiger partial charge in [-0.2, -0.15) is 0 Å². The Labute approximate surface area is 117 Å². The molecular weight excluding hydrogens is 262 g/mol. The molecule has 0 saturated carbocycles. The van der Waals surface area contributed by atoms with Crippen molar-refractivity contribution in [2.75, 3.05) is 26.2 Å². The number of rotatable bonds is 4. The number of nitrogens with zero attached hydrogens (tertiary/aromatic N) is 1. The maximum Gasteiger partial charge on any atom is 0.328 e. The van der Waals surface area contributed by atoms with Crippen molar-refractivity contribution < 1.29 is 23.8 Å². The summed E-state index contributed by atoms with van der Waals surface area (Å²) in [6, 6.07) is 4.53. The number of carbonyl (C=O) groups is 2. The van der Waals surface area contributed by atoms with Gasteiger partial charge in [0.15, 0.2) is 11.5 Å². The van der Waals surface area contributed by atoms with Gasteiger partial charge in [0.05, 0.1) is 21.3 Å². The van der Waals surface area contributed by atoms with Gasteiger partial charge in [-0.05, 0) is 18.6 Å². The molecule has 6 heteroatoms. The van der Waals surface area contributed by atoms with E-state index in [-0.39, 0.29) is 5.91 Å². The summed E-state index contributed by atoms with van der Waals surface area (Å²) in [6.45, 7) is 0. The summed E-state index contributed by atoms with van der Waals surface area (Å²) >= 11 is 0. The zero-order valence-corrected chi connectivity index (χ0v) is 11.7. The number of hydrogen-bond acceptors (Lipinski definition) is 5. The second-order valence-electron chi connectivity index (χ2n) is 4.38. The standard InChI is InChI=1S/C14H17NO5/c1-18-11-6-4-9(8-12(11)19-2)15-10(14(17)20-3)5-7-13(15)16/h4,6,8,10H,5,7H2,1-3H3. The number of anilines is 1. The summed E-state index contributed by atoms with van der Waals surface area (Å²) in [5, 5.41) is 0. The van der Waals surface area contributed by atoms with Crippen molar-refractivity contribution in [1.29, 1.82) is 0 Å². The average molecular weight is 279 g/mol. The molecule has 20 heavy (non-hydrogen) atoms. The highest BCUT2D eigenvalue weighted by molar-refractivity contribution is 6.02. The number of methoxy groups -OCH3 is 3. The van der Waals surface area contributed by atoms with Gasteiger partial charge >= 0.3 is 5.97 Å². The lowest BCUT2D eigenvalue weighted by atomic mass is 10.2. The Bertz CT molecular complexity index is 528. The molecule has 1 aromatic carbocycles. The van der Waals surface area contributed by atoms with E-state index in [1.807, 2.05) is 0 Å². The summed E-state index contributed by atoms with van der Waals surface area (Å²) in [5.41, 5.74) is 0.598. The van der Waals surface area contributed by atoms with E-state index >= 15 is 0 Å². The predicted molar refractivity (Wildman–Crippen MR) is 72.1 cm³/mol. The van der Waals surface area contributed by atoms with Crippen molar-refractivity contribution >= 4 is 17.6 Å². The van der Waals surface area contributed by atoms with Crippen LogP contribution in [0.4, 0.5) is 5.69 Å². The molecule has 0 bridgehead atoms. The van der Waals surface area contributed by atoms with E-state index < -0.39 is 12.0 Å². The minimum absolute atomic E-state index is 0.104. The second kappa shape index (κ2) is 5.81. The van der Waals surface area contributed by atoms with E-state index in [4.69, 9.17) is 14.2 Å². The monoisotopic (exact) mass is 279 g/mol. The van der Waals surface area contributed by atoms with Gasteiger partial charge in [-0.15, -0.1) is 0 Å². The minimum atomic E-state index is -0.578. The molecule has 2 rings (SSSR count). The fraction of sp³-hybridized carbons (Fsp3) is 0.429. The molecule has 0 N–H and O–H groups in total. The molecule has 0 radical (unpaired) electrons. The van der Waals surface area contributed by atoms with Gasteiger partial charge in [-0.1, -0.05) is 0 Å². The van der Waals surface area contributed by atoms with E-state index in [2.05, 4.69) is 0 Å². The first-order valence-corrected chi connectivity index (χ1v) is 6.24. The maximum atomic E-state index is 12.0. The second-order valence-corrected chi connectivity index (χ2v) is 4.38. The average Bonchev–Trinajstić information content (AvgIpc) is 2.87. The zero-order valence-electron chi connectivity index (χ0n) is 11.7. The molecule has 1 fully saturated rings. The lowest BCUT2D eigenvalue weighted by Gasteiger charge is -2.23. The Morgan fingerprint density at radius 2 is 1.90 bits per heavy atom. The van der Waals surface area contributed by atoms with E-state index in [0.717, 1.165) is 0 Å². The van der Waals surface area contributed by atoms with Gasteiger partial charge < -0.3 is 14.2 Å². The molecular formula is C14H17NO5. The number of amides is 1. The summed E-state index contributed by atoms with van der Waals surface area (Å²) < 4.78 is 15.1. The zero-order chi connectivity index (χ0) is 14.7. The van der Waals surface area contributed by atoms with Gasteiger partial charge in [-0.3, -0.25) is 9.69 Å². The van der Waals surface area contributed by atoms with E-state index in [0.29, 0.717) is 30.0 Å². The van der Waals surface area contributed by atoms with Crippen molar-refractivity contribution in [2.45, 2.75) is 18.9 Å². The van der Waals surface area contributed by atoms with Crippen LogP contribution in [0, 0.1) is 0 Å². The third-order valence-corrected chi connectivity index (χ3v) is 3.33. The molecule has 1 aromatic rings. The van der Waals surface area contributed by atoms with E-state index in [9.17, 15) is 9.59 Å². The number of esters is 1. The number of carbonyl (C=O) groups excluding carboxylic acids is 2. The summed E-state index contributed by atoms with van der Waals surface area (Å²) in [4.78, 5) is 25.2. The molecule has 6 nitrogen and oxygen atoms in total. The van der Waals surface area contributed by atoms with Crippen LogP contribution < -0.4 is 14.4 Å². The smallest absolute Gasteiger partial charge is 0.328 e. The van der Waals surface area contributed by atoms with Gasteiger partial charge in [0.1, 0.15) is 6.04 Å². The third-order valence-electron chi connectivity index (χ3n) is 3.33. The number of ether oxygens (including phenoxy) is 3. The largest absolute Gasteiger partial charge is 0.493 e. The summed E-state index contributed by atoms with van der Waals surface area (Å²) in [6.07, 6.45) is 0.786. The third kappa shape index (κ3) is 2.41. The molecule has 1 heterocycles. The van der Waals surface area contributed by atoms with Crippen LogP contribution in [-0.2, 0) is 14.3 Å². The Hall–Kier alpha value is -2.24. The first-order chi connectivity index (χ1) is 9.62. The quantitative estimate of drug-likeness (QED) is 0.779. The highest BCUT2D eigenvalue weighted by Crippen LogP contribution is 2.35. The van der Waals surface area contributed by atoms with Gasteiger partial charge in [0, 0.05) is 18.2 Å². The van der Waals surface area contributed by atoms with Crippen molar-refractivity contribution in [3.8, 4) is 11.5 Å². The number of hydrogen-bond donors (Lipinski definition) is 0. The van der Waals surface area contributed by atoms with Crippen LogP contribution in [0.5, 0.6) is 11.5 Å². The Balaban J connectivity index is 2.37. The van der Waals surface area contributed by atoms with Crippen molar-refractivity contribution in [1.82, 2.24) is 0 Å². The maximum absolute atomic E-state index is 12.0. The van der Waals surface area contributed by atoms with Crippen molar-refractivity contribution in [2.24, 2.45) is 0 Å². The van der Waals surface area contributed by atoms with Crippen LogP contribution >= 0.6 is 0 Å². The van der Waals surface area contributed by atoms with Gasteiger partial charge in [0.25, 0.3) is 0 Å². The Kier molecular flexibility index (Phi) is 4.12. The molecule has 108 valence electrons. The molecule has 1 aliphatic rings. The normalized spacial score (nSPS) is 18.1. The molecule has 1 saturated heterocycles. The van der Waals surface area contributed by atoms with Gasteiger partial charge in [0.2, 0.25) is 5.91 Å². The van der Waals surface area contributed by atoms with Crippen LogP contribution in [0.1, 0.15) is 12.8 Å². The van der Waals surface area contributed by atoms with Crippen LogP contribution in [0.2, 0.25) is 0 Å². The first-order valence-electron chi connectivity index (χ1n) is 6.24. The highest BCUT2D eigenvalue weighted by atomic mass is 16.5. The molecule has 0 aliphatic carbocycles. The fourth-order valence-corrected chi connectivity index (χ4v) is 2.34. The molecule has 1 unspecified atom stereocenters. The molecule has 0 aromatic heterocycles. The number of benzene rings is 1. The summed E-state index contributed by atoms with van der Waals surface area (Å²) in [5.74, 6) is 0.559. The predicted octanol–water partition coefficient (Wildman–Crippen LogP) is 1.37. The van der Waals surface area contributed by atoms with Crippen LogP contribution in [0.3, 0.4) is 0 Å². The van der Waals surface area contributed by atoms with E-state index in [1.165, 1.54) is 26.2 Å². The molecule has 1 amide bonds. The lowest BCUT2D eigenvalue weighted by molar-refractivity contribution is -0.142. The highest BCUT2D eigenvalue weighted by Gasteiger charge is 2.38. The minimum Gasteiger partial charge on any atom is -0.493 e. The first kappa shape index (κ1) is 14.2. The van der Waals surface area contributed by atoms with Crippen LogP contribution in [0.15, 0.2) is 18.2 Å². The Morgan fingerprint density at radius 3 is 2.50 bits per heavy atom. The van der Waals surface area contributed by atoms with Crippen molar-refractivity contribution in [3.05, 3.63) is 18.2 Å². The van der Waals surface area contributed by atoms with Crippen LogP contribution in [-0.4, -0.2) is 39.2 Å². The fourth-order valence-electron chi connectivity index (χ4n) is 2.34. The molecule has 1 atom stereocenters. The topological polar surface area (TPSA) is 65.1 Å². The lowest BCUT2D eigenvalue weighted by Crippen LogP contribution is -2.39. The SMILES string of the molecule is COC(=O)C1CCC(=O)N1c1ccc(OC)c(OC)c1. The Morgan fingerprint density at radius 1 is 1.20 bits per heavy atom. The van der Waals surface area contributed by atoms with Crippen molar-refractivity contribution in [3.63, 3.8) is 0 Å². The van der Waals surface area contributed by atoms with E-state index in [1.54, 1.807) is 18.2 Å². The molecule has 1 aliphatic heterocycles. The van der Waals surface area contributed by atoms with Gasteiger partial charge in [-0.25, -0.2) is 4.79 Å². The summed E-state index contributed by atoms with van der Waals surface area (Å²) in [7, 11) is 4.37. The molecule has 0 spiro atoms.